The molecule has 0 spiro atoms. The zero-order valence-electron chi connectivity index (χ0n) is 12.0. The van der Waals surface area contributed by atoms with Gasteiger partial charge in [0, 0.05) is 25.2 Å². The van der Waals surface area contributed by atoms with Crippen LogP contribution in [0.4, 0.5) is 4.39 Å². The minimum absolute atomic E-state index is 0.000975. The molecular weight excluding hydrogens is 239 g/mol. The summed E-state index contributed by atoms with van der Waals surface area (Å²) < 4.78 is 12.9. The summed E-state index contributed by atoms with van der Waals surface area (Å²) in [6, 6.07) is 7.13. The zero-order valence-corrected chi connectivity index (χ0v) is 12.0. The number of nitrogens with zero attached hydrogens (tertiary/aromatic N) is 1. The van der Waals surface area contributed by atoms with E-state index < -0.39 is 0 Å². The quantitative estimate of drug-likeness (QED) is 0.818. The van der Waals surface area contributed by atoms with Gasteiger partial charge in [-0.3, -0.25) is 0 Å². The summed E-state index contributed by atoms with van der Waals surface area (Å²) in [7, 11) is 0. The molecular formula is C16H25FN2. The molecule has 0 radical (unpaired) electrons. The van der Waals surface area contributed by atoms with Gasteiger partial charge in [0.1, 0.15) is 5.82 Å². The molecule has 1 aliphatic rings. The molecule has 106 valence electrons. The van der Waals surface area contributed by atoms with E-state index in [4.69, 9.17) is 5.73 Å². The van der Waals surface area contributed by atoms with E-state index in [-0.39, 0.29) is 11.9 Å². The Balaban J connectivity index is 1.83. The Morgan fingerprint density at radius 3 is 2.42 bits per heavy atom. The van der Waals surface area contributed by atoms with Gasteiger partial charge in [0.2, 0.25) is 0 Å². The van der Waals surface area contributed by atoms with Gasteiger partial charge in [0.25, 0.3) is 0 Å². The van der Waals surface area contributed by atoms with E-state index >= 15 is 0 Å². The number of hydrogen-bond donors (Lipinski definition) is 1. The molecule has 1 atom stereocenters. The lowest BCUT2D eigenvalue weighted by Gasteiger charge is -2.27. The van der Waals surface area contributed by atoms with Crippen LogP contribution < -0.4 is 5.73 Å². The van der Waals surface area contributed by atoms with Crippen molar-refractivity contribution in [3.05, 3.63) is 35.6 Å². The maximum Gasteiger partial charge on any atom is 0.123 e. The molecule has 1 saturated carbocycles. The van der Waals surface area contributed by atoms with E-state index in [9.17, 15) is 4.39 Å². The summed E-state index contributed by atoms with van der Waals surface area (Å²) in [6.45, 7) is 6.71. The molecule has 0 amide bonds. The van der Waals surface area contributed by atoms with Crippen LogP contribution in [-0.4, -0.2) is 24.0 Å². The first-order valence-corrected chi connectivity index (χ1v) is 7.31. The first-order valence-electron chi connectivity index (χ1n) is 7.31. The Labute approximate surface area is 115 Å². The molecule has 1 unspecified atom stereocenters. The predicted molar refractivity (Wildman–Crippen MR) is 77.4 cm³/mol. The van der Waals surface area contributed by atoms with Crippen molar-refractivity contribution in [2.75, 3.05) is 13.1 Å². The molecule has 0 heterocycles. The molecule has 1 aromatic carbocycles. The Morgan fingerprint density at radius 1 is 1.26 bits per heavy atom. The third kappa shape index (κ3) is 4.59. The first kappa shape index (κ1) is 14.5. The Hall–Kier alpha value is -0.930. The maximum absolute atomic E-state index is 12.9. The van der Waals surface area contributed by atoms with Crippen molar-refractivity contribution in [1.82, 2.24) is 4.90 Å². The molecule has 2 rings (SSSR count). The fourth-order valence-electron chi connectivity index (χ4n) is 2.37. The lowest BCUT2D eigenvalue weighted by atomic mass is 10.0. The molecule has 19 heavy (non-hydrogen) atoms. The highest BCUT2D eigenvalue weighted by atomic mass is 19.1. The molecule has 2 nitrogen and oxygen atoms in total. The standard InChI is InChI=1S/C16H25FN2/c1-12(2)19(11-13-3-4-13)10-9-16(18)14-5-7-15(17)8-6-14/h5-8,12-13,16H,3-4,9-11,18H2,1-2H3. The highest BCUT2D eigenvalue weighted by Gasteiger charge is 2.25. The van der Waals surface area contributed by atoms with E-state index in [1.807, 2.05) is 0 Å². The van der Waals surface area contributed by atoms with Gasteiger partial charge in [-0.2, -0.15) is 0 Å². The number of nitrogens with two attached hydrogens (primary N) is 1. The first-order chi connectivity index (χ1) is 9.06. The van der Waals surface area contributed by atoms with Gasteiger partial charge < -0.3 is 10.6 Å². The average Bonchev–Trinajstić information content (AvgIpc) is 3.18. The van der Waals surface area contributed by atoms with E-state index in [1.165, 1.54) is 31.5 Å². The molecule has 0 aliphatic heterocycles. The van der Waals surface area contributed by atoms with Crippen LogP contribution in [0.3, 0.4) is 0 Å². The van der Waals surface area contributed by atoms with E-state index in [1.54, 1.807) is 12.1 Å². The number of benzene rings is 1. The van der Waals surface area contributed by atoms with Gasteiger partial charge in [-0.05, 0) is 56.7 Å². The Morgan fingerprint density at radius 2 is 1.89 bits per heavy atom. The summed E-state index contributed by atoms with van der Waals surface area (Å²) >= 11 is 0. The van der Waals surface area contributed by atoms with Gasteiger partial charge in [-0.1, -0.05) is 12.1 Å². The van der Waals surface area contributed by atoms with Crippen LogP contribution in [0.25, 0.3) is 0 Å². The van der Waals surface area contributed by atoms with E-state index in [0.717, 1.165) is 24.4 Å². The van der Waals surface area contributed by atoms with Crippen LogP contribution in [0.15, 0.2) is 24.3 Å². The fourth-order valence-corrected chi connectivity index (χ4v) is 2.37. The lowest BCUT2D eigenvalue weighted by Crippen LogP contribution is -2.35. The van der Waals surface area contributed by atoms with Crippen LogP contribution in [0.5, 0.6) is 0 Å². The summed E-state index contributed by atoms with van der Waals surface area (Å²) in [5, 5.41) is 0. The number of halogens is 1. The zero-order chi connectivity index (χ0) is 13.8. The topological polar surface area (TPSA) is 29.3 Å². The van der Waals surface area contributed by atoms with E-state index in [2.05, 4.69) is 18.7 Å². The van der Waals surface area contributed by atoms with Gasteiger partial charge >= 0.3 is 0 Å². The summed E-state index contributed by atoms with van der Waals surface area (Å²) in [5.41, 5.74) is 7.22. The lowest BCUT2D eigenvalue weighted by molar-refractivity contribution is 0.205. The van der Waals surface area contributed by atoms with Crippen LogP contribution in [0, 0.1) is 11.7 Å². The van der Waals surface area contributed by atoms with Crippen LogP contribution >= 0.6 is 0 Å². The summed E-state index contributed by atoms with van der Waals surface area (Å²) in [4.78, 5) is 2.51. The molecule has 0 aromatic heterocycles. The Kier molecular flexibility index (Phi) is 4.94. The van der Waals surface area contributed by atoms with Crippen molar-refractivity contribution in [3.63, 3.8) is 0 Å². The molecule has 1 fully saturated rings. The van der Waals surface area contributed by atoms with Gasteiger partial charge in [0.05, 0.1) is 0 Å². The SMILES string of the molecule is CC(C)N(CCC(N)c1ccc(F)cc1)CC1CC1. The van der Waals surface area contributed by atoms with Crippen molar-refractivity contribution < 1.29 is 4.39 Å². The number of rotatable bonds is 7. The average molecular weight is 264 g/mol. The van der Waals surface area contributed by atoms with Crippen molar-refractivity contribution >= 4 is 0 Å². The molecule has 0 bridgehead atoms. The third-order valence-electron chi connectivity index (χ3n) is 3.95. The van der Waals surface area contributed by atoms with Crippen molar-refractivity contribution in [1.29, 1.82) is 0 Å². The maximum atomic E-state index is 12.9. The predicted octanol–water partition coefficient (Wildman–Crippen LogP) is 3.34. The smallest absolute Gasteiger partial charge is 0.123 e. The Bertz CT molecular complexity index is 384. The third-order valence-corrected chi connectivity index (χ3v) is 3.95. The molecule has 3 heteroatoms. The van der Waals surface area contributed by atoms with Crippen LogP contribution in [-0.2, 0) is 0 Å². The fraction of sp³-hybridized carbons (Fsp3) is 0.625. The molecule has 1 aromatic rings. The van der Waals surface area contributed by atoms with Crippen LogP contribution in [0.2, 0.25) is 0 Å². The molecule has 0 saturated heterocycles. The van der Waals surface area contributed by atoms with Crippen LogP contribution in [0.1, 0.15) is 44.7 Å². The second kappa shape index (κ2) is 6.49. The van der Waals surface area contributed by atoms with Crippen molar-refractivity contribution in [3.8, 4) is 0 Å². The van der Waals surface area contributed by atoms with Gasteiger partial charge in [-0.15, -0.1) is 0 Å². The monoisotopic (exact) mass is 264 g/mol. The highest BCUT2D eigenvalue weighted by molar-refractivity contribution is 5.19. The minimum Gasteiger partial charge on any atom is -0.324 e. The number of hydrogen-bond acceptors (Lipinski definition) is 2. The normalized spacial score (nSPS) is 17.2. The summed E-state index contributed by atoms with van der Waals surface area (Å²) in [6.07, 6.45) is 3.69. The minimum atomic E-state index is -0.200. The van der Waals surface area contributed by atoms with Gasteiger partial charge in [0.15, 0.2) is 0 Å². The largest absolute Gasteiger partial charge is 0.324 e. The molecule has 1 aliphatic carbocycles. The van der Waals surface area contributed by atoms with Crippen molar-refractivity contribution in [2.45, 2.75) is 45.2 Å². The second-order valence-electron chi connectivity index (χ2n) is 5.98. The molecule has 2 N–H and O–H groups in total. The van der Waals surface area contributed by atoms with E-state index in [0.29, 0.717) is 6.04 Å². The summed E-state index contributed by atoms with van der Waals surface area (Å²) in [5.74, 6) is 0.706. The van der Waals surface area contributed by atoms with Crippen molar-refractivity contribution in [2.24, 2.45) is 11.7 Å². The highest BCUT2D eigenvalue weighted by Crippen LogP contribution is 2.30. The second-order valence-corrected chi connectivity index (χ2v) is 5.98. The van der Waals surface area contributed by atoms with Gasteiger partial charge in [-0.25, -0.2) is 4.39 Å².